The summed E-state index contributed by atoms with van der Waals surface area (Å²) in [6.45, 7) is 3.26. The Morgan fingerprint density at radius 3 is 2.32 bits per heavy atom. The van der Waals surface area contributed by atoms with E-state index in [0.29, 0.717) is 30.1 Å². The van der Waals surface area contributed by atoms with Crippen molar-refractivity contribution in [2.24, 2.45) is 16.6 Å². The Balaban J connectivity index is 0.00000110. The van der Waals surface area contributed by atoms with E-state index in [1.54, 1.807) is 30.3 Å². The number of benzene rings is 2. The van der Waals surface area contributed by atoms with Crippen LogP contribution in [0.1, 0.15) is 25.3 Å². The monoisotopic (exact) mass is 454 g/mol. The largest absolute Gasteiger partial charge is 0.454 e. The summed E-state index contributed by atoms with van der Waals surface area (Å²) in [6, 6.07) is 12.1. The second-order valence-electron chi connectivity index (χ2n) is 6.82. The summed E-state index contributed by atoms with van der Waals surface area (Å²) in [7, 11) is -4.05. The second-order valence-corrected chi connectivity index (χ2v) is 8.35. The van der Waals surface area contributed by atoms with Gasteiger partial charge < -0.3 is 31.7 Å². The maximum Gasteiger partial charge on any atom is 0.241 e. The van der Waals surface area contributed by atoms with Gasteiger partial charge in [-0.15, -0.1) is 0 Å². The molecule has 9 N–H and O–H groups in total. The fourth-order valence-electron chi connectivity index (χ4n) is 2.59. The number of aliphatic hydroxyl groups is 2. The number of unbranched alkanes of at least 4 members (excludes halogenated alkanes) is 1. The fourth-order valence-corrected chi connectivity index (χ4v) is 3.31. The lowest BCUT2D eigenvalue weighted by Crippen LogP contribution is -2.22. The van der Waals surface area contributed by atoms with Gasteiger partial charge in [-0.25, -0.2) is 13.6 Å². The molecule has 0 amide bonds. The number of ether oxygens (including phenoxy) is 1. The number of primary sulfonamides is 1. The van der Waals surface area contributed by atoms with E-state index in [4.69, 9.17) is 26.4 Å². The van der Waals surface area contributed by atoms with Crippen LogP contribution in [0.4, 0.5) is 5.69 Å². The van der Waals surface area contributed by atoms with Crippen LogP contribution in [-0.4, -0.2) is 51.0 Å². The molecule has 0 aliphatic rings. The molecule has 10 heteroatoms. The van der Waals surface area contributed by atoms with Crippen molar-refractivity contribution in [1.82, 2.24) is 0 Å². The molecule has 0 heterocycles. The summed E-state index contributed by atoms with van der Waals surface area (Å²) in [5, 5.41) is 26.3. The fraction of sp³-hybridized carbons (Fsp3) is 0.429. The molecular formula is C21H34N4O5S. The van der Waals surface area contributed by atoms with Gasteiger partial charge in [0, 0.05) is 19.6 Å². The van der Waals surface area contributed by atoms with Gasteiger partial charge in [-0.05, 0) is 42.7 Å². The van der Waals surface area contributed by atoms with Gasteiger partial charge in [-0.1, -0.05) is 31.5 Å². The van der Waals surface area contributed by atoms with Crippen molar-refractivity contribution in [3.05, 3.63) is 48.0 Å². The number of para-hydroxylation sites is 1. The molecule has 9 nitrogen and oxygen atoms in total. The summed E-state index contributed by atoms with van der Waals surface area (Å²) in [4.78, 5) is -0.132. The molecule has 0 radical (unpaired) electrons. The molecule has 1 atom stereocenters. The van der Waals surface area contributed by atoms with Crippen LogP contribution in [0.3, 0.4) is 0 Å². The predicted octanol–water partition coefficient (Wildman–Crippen LogP) is 1.14. The molecule has 0 aliphatic heterocycles. The topological polar surface area (TPSA) is 174 Å². The standard InChI is InChI=1S/C19H27N3O4S.C2H7NO/c1-2-3-9-22-17-11-14(10-15(23)13-20)12-18(27(21,24)25)19(17)26-16-7-5-4-6-8-16;3-1-2-4/h4-8,11-12,15,22-23H,2-3,9-10,13,20H2,1H3,(H2,21,24,25);4H,1-3H2. The summed E-state index contributed by atoms with van der Waals surface area (Å²) >= 11 is 0. The first-order valence-corrected chi connectivity index (χ1v) is 11.7. The van der Waals surface area contributed by atoms with Crippen LogP contribution in [0.5, 0.6) is 11.5 Å². The molecule has 2 aromatic carbocycles. The number of anilines is 1. The minimum Gasteiger partial charge on any atom is -0.454 e. The van der Waals surface area contributed by atoms with Gasteiger partial charge in [0.1, 0.15) is 10.6 Å². The minimum absolute atomic E-state index is 0.0750. The molecule has 2 aromatic rings. The Hall–Kier alpha value is -2.21. The minimum atomic E-state index is -4.05. The van der Waals surface area contributed by atoms with Gasteiger partial charge in [0.05, 0.1) is 18.4 Å². The molecule has 1 unspecified atom stereocenters. The summed E-state index contributed by atoms with van der Waals surface area (Å²) < 4.78 is 30.3. The van der Waals surface area contributed by atoms with E-state index in [9.17, 15) is 13.5 Å². The maximum absolute atomic E-state index is 12.2. The Morgan fingerprint density at radius 1 is 1.16 bits per heavy atom. The number of hydrogen-bond acceptors (Lipinski definition) is 8. The highest BCUT2D eigenvalue weighted by molar-refractivity contribution is 7.89. The molecule has 0 spiro atoms. The number of nitrogens with two attached hydrogens (primary N) is 3. The number of nitrogens with one attached hydrogen (secondary N) is 1. The molecule has 31 heavy (non-hydrogen) atoms. The lowest BCUT2D eigenvalue weighted by molar-refractivity contribution is 0.183. The average Bonchev–Trinajstić information content (AvgIpc) is 2.75. The first-order chi connectivity index (χ1) is 14.8. The van der Waals surface area contributed by atoms with Crippen LogP contribution >= 0.6 is 0 Å². The molecule has 0 saturated heterocycles. The molecule has 174 valence electrons. The molecular weight excluding hydrogens is 420 g/mol. The Kier molecular flexibility index (Phi) is 12.1. The Morgan fingerprint density at radius 2 is 1.81 bits per heavy atom. The van der Waals surface area contributed by atoms with Gasteiger partial charge in [0.2, 0.25) is 10.0 Å². The smallest absolute Gasteiger partial charge is 0.241 e. The lowest BCUT2D eigenvalue weighted by atomic mass is 10.1. The number of aliphatic hydroxyl groups excluding tert-OH is 2. The summed E-state index contributed by atoms with van der Waals surface area (Å²) in [5.41, 5.74) is 11.4. The molecule has 2 rings (SSSR count). The quantitative estimate of drug-likeness (QED) is 0.274. The molecule has 0 aromatic heterocycles. The van der Waals surface area contributed by atoms with E-state index in [0.717, 1.165) is 12.8 Å². The lowest BCUT2D eigenvalue weighted by Gasteiger charge is -2.19. The zero-order valence-corrected chi connectivity index (χ0v) is 18.6. The van der Waals surface area contributed by atoms with Crippen molar-refractivity contribution in [3.8, 4) is 11.5 Å². The third kappa shape index (κ3) is 9.64. The number of sulfonamides is 1. The first-order valence-electron chi connectivity index (χ1n) is 10.1. The molecule has 0 fully saturated rings. The van der Waals surface area contributed by atoms with E-state index >= 15 is 0 Å². The SMILES string of the molecule is CCCCNc1cc(CC(O)CN)cc(S(N)(=O)=O)c1Oc1ccccc1.NCCO. The number of hydrogen-bond donors (Lipinski definition) is 6. The van der Waals surface area contributed by atoms with Crippen LogP contribution < -0.4 is 26.7 Å². The van der Waals surface area contributed by atoms with Crippen LogP contribution in [0.25, 0.3) is 0 Å². The maximum atomic E-state index is 12.2. The zero-order chi connectivity index (χ0) is 23.3. The third-order valence-corrected chi connectivity index (χ3v) is 5.02. The van der Waals surface area contributed by atoms with Crippen LogP contribution in [-0.2, 0) is 16.4 Å². The molecule has 0 aliphatic carbocycles. The van der Waals surface area contributed by atoms with E-state index < -0.39 is 16.1 Å². The Bertz CT molecular complexity index is 877. The van der Waals surface area contributed by atoms with Crippen molar-refractivity contribution >= 4 is 15.7 Å². The van der Waals surface area contributed by atoms with Gasteiger partial charge in [-0.3, -0.25) is 0 Å². The van der Waals surface area contributed by atoms with Crippen molar-refractivity contribution in [1.29, 1.82) is 0 Å². The van der Waals surface area contributed by atoms with E-state index in [1.165, 1.54) is 6.07 Å². The number of rotatable bonds is 11. The zero-order valence-electron chi connectivity index (χ0n) is 17.8. The van der Waals surface area contributed by atoms with E-state index in [-0.39, 0.29) is 30.2 Å². The van der Waals surface area contributed by atoms with Crippen LogP contribution in [0.2, 0.25) is 0 Å². The van der Waals surface area contributed by atoms with E-state index in [1.807, 2.05) is 6.07 Å². The summed E-state index contributed by atoms with van der Waals surface area (Å²) in [6.07, 6.45) is 1.33. The molecule has 0 saturated carbocycles. The highest BCUT2D eigenvalue weighted by atomic mass is 32.2. The van der Waals surface area contributed by atoms with Crippen molar-refractivity contribution in [2.75, 3.05) is 31.6 Å². The van der Waals surface area contributed by atoms with E-state index in [2.05, 4.69) is 12.2 Å². The van der Waals surface area contributed by atoms with Gasteiger partial charge in [-0.2, -0.15) is 0 Å². The highest BCUT2D eigenvalue weighted by Crippen LogP contribution is 2.37. The van der Waals surface area contributed by atoms with Gasteiger partial charge in [0.25, 0.3) is 0 Å². The van der Waals surface area contributed by atoms with Crippen LogP contribution in [0.15, 0.2) is 47.4 Å². The average molecular weight is 455 g/mol. The van der Waals surface area contributed by atoms with Gasteiger partial charge >= 0.3 is 0 Å². The predicted molar refractivity (Wildman–Crippen MR) is 123 cm³/mol. The van der Waals surface area contributed by atoms with Crippen molar-refractivity contribution < 1.29 is 23.4 Å². The molecule has 0 bridgehead atoms. The van der Waals surface area contributed by atoms with Gasteiger partial charge in [0.15, 0.2) is 5.75 Å². The van der Waals surface area contributed by atoms with Crippen LogP contribution in [0, 0.1) is 0 Å². The van der Waals surface area contributed by atoms with Crippen molar-refractivity contribution in [3.63, 3.8) is 0 Å². The third-order valence-electron chi connectivity index (χ3n) is 4.10. The first kappa shape index (κ1) is 26.8. The Labute approximate surface area is 184 Å². The van der Waals surface area contributed by atoms with Crippen molar-refractivity contribution in [2.45, 2.75) is 37.2 Å². The second kappa shape index (κ2) is 14.0. The normalized spacial score (nSPS) is 11.9. The highest BCUT2D eigenvalue weighted by Gasteiger charge is 2.22. The summed E-state index contributed by atoms with van der Waals surface area (Å²) in [5.74, 6) is 0.640.